The summed E-state index contributed by atoms with van der Waals surface area (Å²) < 4.78 is 7.85. The van der Waals surface area contributed by atoms with Crippen LogP contribution in [-0.4, -0.2) is 34.3 Å². The summed E-state index contributed by atoms with van der Waals surface area (Å²) in [6.45, 7) is 3.14. The van der Waals surface area contributed by atoms with Crippen LogP contribution in [0.2, 0.25) is 0 Å². The summed E-state index contributed by atoms with van der Waals surface area (Å²) in [5.41, 5.74) is 1.07. The number of nitrogens with zero attached hydrogens (tertiary/aromatic N) is 2. The van der Waals surface area contributed by atoms with Crippen molar-refractivity contribution in [2.45, 2.75) is 39.0 Å². The van der Waals surface area contributed by atoms with Gasteiger partial charge >= 0.3 is 5.69 Å². The number of nitrogens with one attached hydrogen (secondary N) is 1. The van der Waals surface area contributed by atoms with Crippen LogP contribution < -0.4 is 16.6 Å². The summed E-state index contributed by atoms with van der Waals surface area (Å²) in [6.07, 6.45) is 3.39. The third-order valence-electron chi connectivity index (χ3n) is 4.59. The lowest BCUT2D eigenvalue weighted by Gasteiger charge is -2.13. The average Bonchev–Trinajstić information content (AvgIpc) is 3.14. The first kappa shape index (κ1) is 18.1. The van der Waals surface area contributed by atoms with Gasteiger partial charge in [0.25, 0.3) is 5.56 Å². The Labute approximate surface area is 151 Å². The molecule has 2 aromatic rings. The number of hydrogen-bond donors (Lipinski definition) is 1. The second-order valence-corrected chi connectivity index (χ2v) is 6.52. The van der Waals surface area contributed by atoms with Gasteiger partial charge in [0.2, 0.25) is 5.91 Å². The topological polar surface area (TPSA) is 82.3 Å². The van der Waals surface area contributed by atoms with Gasteiger partial charge in [-0.05, 0) is 30.9 Å². The van der Waals surface area contributed by atoms with Crippen LogP contribution in [0, 0.1) is 6.92 Å². The summed E-state index contributed by atoms with van der Waals surface area (Å²) in [5, 5.41) is 2.73. The van der Waals surface area contributed by atoms with Crippen LogP contribution >= 0.6 is 0 Å². The molecule has 0 spiro atoms. The molecule has 1 fully saturated rings. The number of aryl methyl sites for hydroxylation is 1. The van der Waals surface area contributed by atoms with Crippen molar-refractivity contribution in [1.29, 1.82) is 0 Å². The fourth-order valence-corrected chi connectivity index (χ4v) is 3.03. The highest BCUT2D eigenvalue weighted by Gasteiger charge is 2.17. The molecule has 1 amide bonds. The summed E-state index contributed by atoms with van der Waals surface area (Å²) in [6, 6.07) is 9.05. The van der Waals surface area contributed by atoms with E-state index in [1.165, 1.54) is 16.8 Å². The number of carbonyl (C=O) groups is 1. The molecule has 138 valence electrons. The highest BCUT2D eigenvalue weighted by atomic mass is 16.5. The third-order valence-corrected chi connectivity index (χ3v) is 4.59. The van der Waals surface area contributed by atoms with Crippen molar-refractivity contribution in [1.82, 2.24) is 14.5 Å². The predicted molar refractivity (Wildman–Crippen MR) is 97.2 cm³/mol. The Morgan fingerprint density at radius 3 is 2.81 bits per heavy atom. The number of amides is 1. The van der Waals surface area contributed by atoms with E-state index in [9.17, 15) is 14.4 Å². The summed E-state index contributed by atoms with van der Waals surface area (Å²) in [4.78, 5) is 36.8. The van der Waals surface area contributed by atoms with Gasteiger partial charge in [-0.15, -0.1) is 0 Å². The number of rotatable bonds is 6. The van der Waals surface area contributed by atoms with Crippen molar-refractivity contribution in [3.8, 4) is 0 Å². The molecular formula is C19H23N3O4. The molecule has 0 saturated carbocycles. The number of hydrogen-bond acceptors (Lipinski definition) is 4. The molecule has 7 nitrogen and oxygen atoms in total. The Morgan fingerprint density at radius 1 is 1.27 bits per heavy atom. The maximum atomic E-state index is 12.6. The molecule has 0 radical (unpaired) electrons. The van der Waals surface area contributed by atoms with Crippen LogP contribution in [-0.2, 0) is 22.6 Å². The predicted octanol–water partition coefficient (Wildman–Crippen LogP) is 0.662. The van der Waals surface area contributed by atoms with E-state index in [1.807, 2.05) is 31.2 Å². The monoisotopic (exact) mass is 357 g/mol. The Balaban J connectivity index is 1.72. The molecule has 2 heterocycles. The lowest BCUT2D eigenvalue weighted by Crippen LogP contribution is -2.44. The molecule has 0 aliphatic carbocycles. The number of carbonyl (C=O) groups excluding carboxylic acids is 1. The van der Waals surface area contributed by atoms with Crippen LogP contribution in [0.5, 0.6) is 0 Å². The lowest BCUT2D eigenvalue weighted by molar-refractivity contribution is -0.122. The smallest absolute Gasteiger partial charge is 0.331 e. The van der Waals surface area contributed by atoms with Crippen LogP contribution in [0.15, 0.2) is 46.1 Å². The number of ether oxygens (including phenoxy) is 1. The van der Waals surface area contributed by atoms with Crippen molar-refractivity contribution in [3.63, 3.8) is 0 Å². The van der Waals surface area contributed by atoms with Gasteiger partial charge in [-0.25, -0.2) is 4.79 Å². The van der Waals surface area contributed by atoms with Crippen molar-refractivity contribution in [2.24, 2.45) is 0 Å². The highest BCUT2D eigenvalue weighted by Crippen LogP contribution is 2.10. The van der Waals surface area contributed by atoms with Gasteiger partial charge in [0.05, 0.1) is 12.6 Å². The van der Waals surface area contributed by atoms with Gasteiger partial charge in [-0.2, -0.15) is 0 Å². The second-order valence-electron chi connectivity index (χ2n) is 6.52. The Morgan fingerprint density at radius 2 is 2.08 bits per heavy atom. The summed E-state index contributed by atoms with van der Waals surface area (Å²) in [5.74, 6) is -0.367. The van der Waals surface area contributed by atoms with E-state index < -0.39 is 11.2 Å². The minimum Gasteiger partial charge on any atom is -0.376 e. The first-order chi connectivity index (χ1) is 12.5. The van der Waals surface area contributed by atoms with E-state index in [0.717, 1.165) is 28.5 Å². The molecule has 1 aliphatic heterocycles. The highest BCUT2D eigenvalue weighted by molar-refractivity contribution is 5.75. The first-order valence-electron chi connectivity index (χ1n) is 8.77. The minimum atomic E-state index is -0.493. The van der Waals surface area contributed by atoms with Crippen LogP contribution in [0.1, 0.15) is 24.0 Å². The zero-order chi connectivity index (χ0) is 18.5. The SMILES string of the molecule is Cc1ccccc1Cn1ccc(=O)n(CC(=O)NCC2CCCO2)c1=O. The third kappa shape index (κ3) is 4.29. The van der Waals surface area contributed by atoms with E-state index in [-0.39, 0.29) is 18.6 Å². The lowest BCUT2D eigenvalue weighted by atomic mass is 10.1. The second kappa shape index (κ2) is 8.14. The minimum absolute atomic E-state index is 0.0177. The van der Waals surface area contributed by atoms with Crippen molar-refractivity contribution in [2.75, 3.05) is 13.2 Å². The van der Waals surface area contributed by atoms with E-state index >= 15 is 0 Å². The summed E-state index contributed by atoms with van der Waals surface area (Å²) in [7, 11) is 0. The molecule has 1 aliphatic rings. The number of aromatic nitrogens is 2. The van der Waals surface area contributed by atoms with Crippen molar-refractivity contribution in [3.05, 3.63) is 68.5 Å². The van der Waals surface area contributed by atoms with Crippen LogP contribution in [0.25, 0.3) is 0 Å². The molecular weight excluding hydrogens is 334 g/mol. The molecule has 1 atom stereocenters. The van der Waals surface area contributed by atoms with Gasteiger partial charge in [0.15, 0.2) is 0 Å². The molecule has 1 saturated heterocycles. The molecule has 7 heteroatoms. The zero-order valence-electron chi connectivity index (χ0n) is 14.8. The van der Waals surface area contributed by atoms with Gasteiger partial charge < -0.3 is 10.1 Å². The normalized spacial score (nSPS) is 16.6. The quantitative estimate of drug-likeness (QED) is 0.823. The Hall–Kier alpha value is -2.67. The number of benzene rings is 1. The van der Waals surface area contributed by atoms with E-state index in [0.29, 0.717) is 19.7 Å². The van der Waals surface area contributed by atoms with Crippen LogP contribution in [0.4, 0.5) is 0 Å². The molecule has 26 heavy (non-hydrogen) atoms. The Bertz CT molecular complexity index is 894. The largest absolute Gasteiger partial charge is 0.376 e. The molecule has 1 N–H and O–H groups in total. The van der Waals surface area contributed by atoms with Gasteiger partial charge in [0.1, 0.15) is 6.54 Å². The summed E-state index contributed by atoms with van der Waals surface area (Å²) >= 11 is 0. The maximum absolute atomic E-state index is 12.6. The molecule has 0 bridgehead atoms. The molecule has 1 aromatic heterocycles. The molecule has 1 aromatic carbocycles. The van der Waals surface area contributed by atoms with Gasteiger partial charge in [-0.1, -0.05) is 24.3 Å². The van der Waals surface area contributed by atoms with E-state index in [1.54, 1.807) is 0 Å². The first-order valence-corrected chi connectivity index (χ1v) is 8.77. The van der Waals surface area contributed by atoms with E-state index in [2.05, 4.69) is 5.32 Å². The average molecular weight is 357 g/mol. The molecule has 3 rings (SSSR count). The molecule has 1 unspecified atom stereocenters. The van der Waals surface area contributed by atoms with Gasteiger partial charge in [-0.3, -0.25) is 18.7 Å². The van der Waals surface area contributed by atoms with Crippen molar-refractivity contribution >= 4 is 5.91 Å². The van der Waals surface area contributed by atoms with Crippen molar-refractivity contribution < 1.29 is 9.53 Å². The van der Waals surface area contributed by atoms with Crippen LogP contribution in [0.3, 0.4) is 0 Å². The van der Waals surface area contributed by atoms with Gasteiger partial charge in [0, 0.05) is 25.4 Å². The fourth-order valence-electron chi connectivity index (χ4n) is 3.03. The zero-order valence-corrected chi connectivity index (χ0v) is 14.8. The maximum Gasteiger partial charge on any atom is 0.331 e. The Kier molecular flexibility index (Phi) is 5.68. The van der Waals surface area contributed by atoms with E-state index in [4.69, 9.17) is 4.74 Å². The standard InChI is InChI=1S/C19H23N3O4/c1-14-5-2-3-6-15(14)12-21-9-8-18(24)22(19(21)25)13-17(23)20-11-16-7-4-10-26-16/h2-3,5-6,8-9,16H,4,7,10-13H2,1H3,(H,20,23). The fraction of sp³-hybridized carbons (Fsp3) is 0.421.